The highest BCUT2D eigenvalue weighted by Gasteiger charge is 2.11. The number of halogens is 2. The van der Waals surface area contributed by atoms with E-state index in [1.54, 1.807) is 24.3 Å². The molecule has 136 valence electrons. The van der Waals surface area contributed by atoms with E-state index in [1.165, 1.54) is 19.1 Å². The van der Waals surface area contributed by atoms with E-state index in [4.69, 9.17) is 16.3 Å². The molecule has 2 aromatic rings. The third-order valence-electron chi connectivity index (χ3n) is 3.19. The molecule has 0 spiro atoms. The Balaban J connectivity index is 1.80. The van der Waals surface area contributed by atoms with Gasteiger partial charge in [0.05, 0.1) is 12.1 Å². The molecule has 2 amide bonds. The minimum absolute atomic E-state index is 0.0388. The second-order valence-corrected chi connectivity index (χ2v) is 5.82. The molecule has 0 aliphatic carbocycles. The molecule has 0 heterocycles. The highest BCUT2D eigenvalue weighted by molar-refractivity contribution is 6.30. The van der Waals surface area contributed by atoms with Gasteiger partial charge in [-0.25, -0.2) is 4.39 Å². The lowest BCUT2D eigenvalue weighted by Crippen LogP contribution is -2.22. The number of carbonyl (C=O) groups excluding carboxylic acids is 3. The summed E-state index contributed by atoms with van der Waals surface area (Å²) in [5.41, 5.74) is 1.22. The van der Waals surface area contributed by atoms with Crippen molar-refractivity contribution < 1.29 is 23.5 Å². The van der Waals surface area contributed by atoms with Crippen LogP contribution in [-0.2, 0) is 25.5 Å². The Morgan fingerprint density at radius 3 is 2.38 bits per heavy atom. The zero-order valence-electron chi connectivity index (χ0n) is 13.8. The molecule has 0 radical (unpaired) electrons. The molecule has 0 saturated carbocycles. The lowest BCUT2D eigenvalue weighted by atomic mass is 10.1. The second-order valence-electron chi connectivity index (χ2n) is 5.39. The molecule has 6 nitrogen and oxygen atoms in total. The average molecular weight is 379 g/mol. The number of carbonyl (C=O) groups is 3. The van der Waals surface area contributed by atoms with Crippen LogP contribution in [-0.4, -0.2) is 24.4 Å². The summed E-state index contributed by atoms with van der Waals surface area (Å²) in [4.78, 5) is 34.4. The molecule has 0 aliphatic rings. The van der Waals surface area contributed by atoms with Gasteiger partial charge in [0, 0.05) is 17.6 Å². The Morgan fingerprint density at radius 1 is 1.08 bits per heavy atom. The van der Waals surface area contributed by atoms with Crippen molar-refractivity contribution in [1.29, 1.82) is 0 Å². The van der Waals surface area contributed by atoms with Gasteiger partial charge in [0.2, 0.25) is 5.91 Å². The fraction of sp³-hybridized carbons (Fsp3) is 0.167. The van der Waals surface area contributed by atoms with E-state index in [1.807, 2.05) is 0 Å². The normalized spacial score (nSPS) is 10.1. The van der Waals surface area contributed by atoms with Crippen molar-refractivity contribution in [2.45, 2.75) is 13.3 Å². The molecule has 26 heavy (non-hydrogen) atoms. The maximum absolute atomic E-state index is 13.6. The first kappa shape index (κ1) is 19.4. The third kappa shape index (κ3) is 6.18. The first-order valence-electron chi connectivity index (χ1n) is 7.60. The van der Waals surface area contributed by atoms with Gasteiger partial charge in [-0.3, -0.25) is 14.4 Å². The van der Waals surface area contributed by atoms with Crippen LogP contribution in [0.5, 0.6) is 0 Å². The van der Waals surface area contributed by atoms with Crippen LogP contribution in [0.15, 0.2) is 42.5 Å². The Kier molecular flexibility index (Phi) is 6.68. The van der Waals surface area contributed by atoms with Crippen LogP contribution in [0.1, 0.15) is 12.5 Å². The summed E-state index contributed by atoms with van der Waals surface area (Å²) in [5, 5.41) is 5.11. The van der Waals surface area contributed by atoms with Gasteiger partial charge >= 0.3 is 5.97 Å². The van der Waals surface area contributed by atoms with E-state index in [0.717, 1.165) is 6.07 Å². The molecule has 0 aromatic heterocycles. The monoisotopic (exact) mass is 378 g/mol. The number of nitrogens with one attached hydrogen (secondary N) is 2. The predicted molar refractivity (Wildman–Crippen MR) is 95.4 cm³/mol. The second kappa shape index (κ2) is 8.96. The van der Waals surface area contributed by atoms with Crippen molar-refractivity contribution in [1.82, 2.24) is 0 Å². The van der Waals surface area contributed by atoms with Crippen molar-refractivity contribution in [2.24, 2.45) is 0 Å². The zero-order valence-corrected chi connectivity index (χ0v) is 14.6. The van der Waals surface area contributed by atoms with Crippen molar-refractivity contribution in [3.8, 4) is 0 Å². The van der Waals surface area contributed by atoms with Gasteiger partial charge in [0.15, 0.2) is 6.61 Å². The summed E-state index contributed by atoms with van der Waals surface area (Å²) in [5.74, 6) is -2.15. The van der Waals surface area contributed by atoms with E-state index < -0.39 is 24.3 Å². The maximum atomic E-state index is 13.6. The SMILES string of the molecule is CC(=O)Nc1ccc(CC(=O)OCC(=O)Nc2ccc(Cl)cc2F)cc1. The Hall–Kier alpha value is -2.93. The standard InChI is InChI=1S/C18H16ClFN2O4/c1-11(23)21-14-5-2-12(3-6-14)8-18(25)26-10-17(24)22-16-7-4-13(19)9-15(16)20/h2-7,9H,8,10H2,1H3,(H,21,23)(H,22,24). The van der Waals surface area contributed by atoms with Crippen molar-refractivity contribution in [2.75, 3.05) is 17.2 Å². The molecule has 0 bridgehead atoms. The molecule has 0 atom stereocenters. The molecular weight excluding hydrogens is 363 g/mol. The smallest absolute Gasteiger partial charge is 0.310 e. The maximum Gasteiger partial charge on any atom is 0.310 e. The first-order valence-corrected chi connectivity index (χ1v) is 7.98. The van der Waals surface area contributed by atoms with Crippen molar-refractivity contribution >= 4 is 40.8 Å². The summed E-state index contributed by atoms with van der Waals surface area (Å²) in [6, 6.07) is 10.4. The van der Waals surface area contributed by atoms with Crippen LogP contribution in [0.2, 0.25) is 5.02 Å². The molecule has 2 N–H and O–H groups in total. The van der Waals surface area contributed by atoms with Crippen LogP contribution in [0, 0.1) is 5.82 Å². The minimum atomic E-state index is -0.684. The van der Waals surface area contributed by atoms with Crippen LogP contribution >= 0.6 is 11.6 Å². The molecule has 8 heteroatoms. The molecule has 0 saturated heterocycles. The third-order valence-corrected chi connectivity index (χ3v) is 3.43. The minimum Gasteiger partial charge on any atom is -0.455 e. The molecule has 0 fully saturated rings. The Labute approximate surface area is 154 Å². The highest BCUT2D eigenvalue weighted by Crippen LogP contribution is 2.18. The topological polar surface area (TPSA) is 84.5 Å². The largest absolute Gasteiger partial charge is 0.455 e. The quantitative estimate of drug-likeness (QED) is 0.756. The Morgan fingerprint density at radius 2 is 1.77 bits per heavy atom. The van der Waals surface area contributed by atoms with Gasteiger partial charge in [-0.1, -0.05) is 23.7 Å². The van der Waals surface area contributed by atoms with Gasteiger partial charge in [-0.15, -0.1) is 0 Å². The van der Waals surface area contributed by atoms with Crippen LogP contribution in [0.3, 0.4) is 0 Å². The number of benzene rings is 2. The summed E-state index contributed by atoms with van der Waals surface area (Å²) in [6.07, 6.45) is -0.0388. The van der Waals surface area contributed by atoms with Gasteiger partial charge in [-0.2, -0.15) is 0 Å². The van der Waals surface area contributed by atoms with E-state index in [9.17, 15) is 18.8 Å². The number of hydrogen-bond acceptors (Lipinski definition) is 4. The predicted octanol–water partition coefficient (Wildman–Crippen LogP) is 3.16. The summed E-state index contributed by atoms with van der Waals surface area (Å²) >= 11 is 5.63. The molecule has 2 aromatic carbocycles. The number of ether oxygens (including phenoxy) is 1. The van der Waals surface area contributed by atoms with Crippen LogP contribution in [0.25, 0.3) is 0 Å². The highest BCUT2D eigenvalue weighted by atomic mass is 35.5. The number of anilines is 2. The molecule has 0 aliphatic heterocycles. The van der Waals surface area contributed by atoms with Crippen LogP contribution in [0.4, 0.5) is 15.8 Å². The number of hydrogen-bond donors (Lipinski definition) is 2. The van der Waals surface area contributed by atoms with Gasteiger partial charge < -0.3 is 15.4 Å². The van der Waals surface area contributed by atoms with E-state index in [-0.39, 0.29) is 23.0 Å². The lowest BCUT2D eigenvalue weighted by molar-refractivity contribution is -0.146. The molecule has 2 rings (SSSR count). The van der Waals surface area contributed by atoms with E-state index in [2.05, 4.69) is 10.6 Å². The Bertz CT molecular complexity index is 824. The van der Waals surface area contributed by atoms with Crippen LogP contribution < -0.4 is 10.6 Å². The number of esters is 1. The summed E-state index contributed by atoms with van der Waals surface area (Å²) in [6.45, 7) is 0.858. The number of amides is 2. The average Bonchev–Trinajstić information content (AvgIpc) is 2.57. The van der Waals surface area contributed by atoms with Crippen molar-refractivity contribution in [3.05, 3.63) is 58.9 Å². The summed E-state index contributed by atoms with van der Waals surface area (Å²) in [7, 11) is 0. The number of rotatable bonds is 6. The fourth-order valence-corrected chi connectivity index (χ4v) is 2.21. The first-order chi connectivity index (χ1) is 12.3. The van der Waals surface area contributed by atoms with Crippen molar-refractivity contribution in [3.63, 3.8) is 0 Å². The fourth-order valence-electron chi connectivity index (χ4n) is 2.05. The van der Waals surface area contributed by atoms with Gasteiger partial charge in [0.1, 0.15) is 5.82 Å². The lowest BCUT2D eigenvalue weighted by Gasteiger charge is -2.08. The van der Waals surface area contributed by atoms with E-state index >= 15 is 0 Å². The van der Waals surface area contributed by atoms with Gasteiger partial charge in [-0.05, 0) is 35.9 Å². The zero-order chi connectivity index (χ0) is 19.1. The molecular formula is C18H16ClFN2O4. The molecule has 0 unspecified atom stereocenters. The van der Waals surface area contributed by atoms with Gasteiger partial charge in [0.25, 0.3) is 5.91 Å². The van der Waals surface area contributed by atoms with E-state index in [0.29, 0.717) is 11.3 Å². The summed E-state index contributed by atoms with van der Waals surface area (Å²) < 4.78 is 18.4.